The maximum absolute atomic E-state index is 11.7. The Morgan fingerprint density at radius 3 is 2.55 bits per heavy atom. The number of thioether (sulfide) groups is 1. The number of carbonyl (C=O) groups excluding carboxylic acids is 1. The molecule has 0 saturated carbocycles. The van der Waals surface area contributed by atoms with Gasteiger partial charge in [-0.3, -0.25) is 0 Å². The molecule has 1 aromatic carbocycles. The second-order valence-corrected chi connectivity index (χ2v) is 5.27. The average Bonchev–Trinajstić information content (AvgIpc) is 2.45. The molecule has 1 rings (SSSR count). The predicted octanol–water partition coefficient (Wildman–Crippen LogP) is 2.25. The second-order valence-electron chi connectivity index (χ2n) is 4.28. The summed E-state index contributed by atoms with van der Waals surface area (Å²) in [6.45, 7) is 0.549. The summed E-state index contributed by atoms with van der Waals surface area (Å²) in [6, 6.07) is 7.16. The summed E-state index contributed by atoms with van der Waals surface area (Å²) in [5, 5.41) is 14.3. The van der Waals surface area contributed by atoms with Gasteiger partial charge >= 0.3 is 12.0 Å². The van der Waals surface area contributed by atoms with E-state index in [4.69, 9.17) is 0 Å². The molecule has 20 heavy (non-hydrogen) atoms. The molecule has 110 valence electrons. The third-order valence-corrected chi connectivity index (χ3v) is 3.41. The van der Waals surface area contributed by atoms with Crippen molar-refractivity contribution < 1.29 is 14.7 Å². The number of benzene rings is 1. The van der Waals surface area contributed by atoms with Crippen molar-refractivity contribution in [3.8, 4) is 0 Å². The molecule has 1 atom stereocenters. The number of aliphatic carboxylic acids is 1. The first kappa shape index (κ1) is 16.4. The van der Waals surface area contributed by atoms with Gasteiger partial charge in [0.25, 0.3) is 0 Å². The van der Waals surface area contributed by atoms with Crippen LogP contribution in [-0.4, -0.2) is 35.7 Å². The van der Waals surface area contributed by atoms with Gasteiger partial charge in [0, 0.05) is 6.54 Å². The van der Waals surface area contributed by atoms with Crippen LogP contribution in [0.15, 0.2) is 30.3 Å². The molecule has 2 amide bonds. The Hall–Kier alpha value is -1.69. The molecule has 0 aliphatic carbocycles. The second kappa shape index (κ2) is 9.25. The molecular weight excluding hydrogens is 276 g/mol. The molecule has 6 heteroatoms. The van der Waals surface area contributed by atoms with Crippen LogP contribution in [-0.2, 0) is 4.79 Å². The zero-order valence-corrected chi connectivity index (χ0v) is 12.3. The van der Waals surface area contributed by atoms with E-state index in [9.17, 15) is 14.7 Å². The largest absolute Gasteiger partial charge is 0.479 e. The molecule has 0 unspecified atom stereocenters. The van der Waals surface area contributed by atoms with Crippen LogP contribution in [0.2, 0.25) is 0 Å². The molecule has 0 aromatic heterocycles. The molecule has 1 aromatic rings. The van der Waals surface area contributed by atoms with E-state index in [1.165, 1.54) is 0 Å². The van der Waals surface area contributed by atoms with E-state index in [0.29, 0.717) is 12.1 Å². The van der Waals surface area contributed by atoms with E-state index in [0.717, 1.165) is 18.6 Å². The minimum absolute atomic E-state index is 0.453. The van der Waals surface area contributed by atoms with Crippen LogP contribution in [0, 0.1) is 0 Å². The highest BCUT2D eigenvalue weighted by Crippen LogP contribution is 2.12. The first-order valence-electron chi connectivity index (χ1n) is 6.46. The number of nitrogens with one attached hydrogen (secondary N) is 2. The third-order valence-electron chi connectivity index (χ3n) is 2.72. The fraction of sp³-hybridized carbons (Fsp3) is 0.429. The maximum Gasteiger partial charge on any atom is 0.330 e. The summed E-state index contributed by atoms with van der Waals surface area (Å²) >= 11 is 1.77. The summed E-state index contributed by atoms with van der Waals surface area (Å²) in [6.07, 6.45) is 3.96. The first-order valence-corrected chi connectivity index (χ1v) is 7.85. The van der Waals surface area contributed by atoms with Crippen molar-refractivity contribution in [3.05, 3.63) is 35.9 Å². The number of hydrogen-bond acceptors (Lipinski definition) is 3. The van der Waals surface area contributed by atoms with Crippen molar-refractivity contribution in [2.24, 2.45) is 0 Å². The molecule has 0 bridgehead atoms. The first-order chi connectivity index (χ1) is 9.65. The Labute approximate surface area is 123 Å². The van der Waals surface area contributed by atoms with E-state index in [1.54, 1.807) is 42.1 Å². The molecule has 0 heterocycles. The maximum atomic E-state index is 11.7. The minimum Gasteiger partial charge on any atom is -0.479 e. The molecule has 0 fully saturated rings. The van der Waals surface area contributed by atoms with Crippen LogP contribution in [0.5, 0.6) is 0 Å². The van der Waals surface area contributed by atoms with Gasteiger partial charge in [-0.25, -0.2) is 9.59 Å². The van der Waals surface area contributed by atoms with Crippen molar-refractivity contribution >= 4 is 23.8 Å². The Balaban J connectivity index is 2.43. The van der Waals surface area contributed by atoms with Crippen molar-refractivity contribution in [2.45, 2.75) is 18.9 Å². The van der Waals surface area contributed by atoms with Gasteiger partial charge in [0.15, 0.2) is 6.04 Å². The number of unbranched alkanes of at least 4 members (excludes halogenated alkanes) is 1. The lowest BCUT2D eigenvalue weighted by molar-refractivity contribution is -0.139. The Bertz CT molecular complexity index is 426. The molecule has 0 aliphatic rings. The molecule has 3 N–H and O–H groups in total. The number of urea groups is 1. The van der Waals surface area contributed by atoms with Gasteiger partial charge in [-0.1, -0.05) is 30.3 Å². The van der Waals surface area contributed by atoms with Crippen molar-refractivity contribution in [1.82, 2.24) is 10.6 Å². The lowest BCUT2D eigenvalue weighted by Gasteiger charge is -2.15. The number of hydrogen-bond donors (Lipinski definition) is 3. The average molecular weight is 296 g/mol. The fourth-order valence-corrected chi connectivity index (χ4v) is 2.18. The summed E-state index contributed by atoms with van der Waals surface area (Å²) in [5.41, 5.74) is 0.553. The quantitative estimate of drug-likeness (QED) is 0.643. The van der Waals surface area contributed by atoms with Gasteiger partial charge in [-0.2, -0.15) is 11.8 Å². The van der Waals surface area contributed by atoms with Crippen LogP contribution in [0.25, 0.3) is 0 Å². The lowest BCUT2D eigenvalue weighted by atomic mass is 10.1. The lowest BCUT2D eigenvalue weighted by Crippen LogP contribution is -2.41. The van der Waals surface area contributed by atoms with Crippen LogP contribution in [0.3, 0.4) is 0 Å². The monoisotopic (exact) mass is 296 g/mol. The summed E-state index contributed by atoms with van der Waals surface area (Å²) in [5.74, 6) is -0.0147. The van der Waals surface area contributed by atoms with Crippen LogP contribution in [0.1, 0.15) is 24.4 Å². The molecule has 5 nitrogen and oxygen atoms in total. The smallest absolute Gasteiger partial charge is 0.330 e. The van der Waals surface area contributed by atoms with E-state index >= 15 is 0 Å². The van der Waals surface area contributed by atoms with Gasteiger partial charge in [0.05, 0.1) is 0 Å². The summed E-state index contributed by atoms with van der Waals surface area (Å²) in [4.78, 5) is 22.9. The van der Waals surface area contributed by atoms with E-state index in [2.05, 4.69) is 10.6 Å². The Morgan fingerprint density at radius 1 is 1.25 bits per heavy atom. The number of amides is 2. The molecule has 0 spiro atoms. The SMILES string of the molecule is CSCCCCNC(=O)N[C@H](C(=O)O)c1ccccc1. The number of carboxylic acid groups (broad SMARTS) is 1. The van der Waals surface area contributed by atoms with Gasteiger partial charge in [0.1, 0.15) is 0 Å². The fourth-order valence-electron chi connectivity index (χ4n) is 1.69. The zero-order valence-electron chi connectivity index (χ0n) is 11.5. The van der Waals surface area contributed by atoms with Crippen molar-refractivity contribution in [1.29, 1.82) is 0 Å². The predicted molar refractivity (Wildman–Crippen MR) is 81.0 cm³/mol. The van der Waals surface area contributed by atoms with Gasteiger partial charge in [-0.15, -0.1) is 0 Å². The number of carboxylic acids is 1. The van der Waals surface area contributed by atoms with E-state index < -0.39 is 18.0 Å². The topological polar surface area (TPSA) is 78.4 Å². The van der Waals surface area contributed by atoms with Crippen molar-refractivity contribution in [3.63, 3.8) is 0 Å². The van der Waals surface area contributed by atoms with Crippen LogP contribution < -0.4 is 10.6 Å². The highest BCUT2D eigenvalue weighted by Gasteiger charge is 2.21. The normalized spacial score (nSPS) is 11.7. The number of carbonyl (C=O) groups is 2. The highest BCUT2D eigenvalue weighted by atomic mass is 32.2. The van der Waals surface area contributed by atoms with E-state index in [-0.39, 0.29) is 0 Å². The van der Waals surface area contributed by atoms with E-state index in [1.807, 2.05) is 6.26 Å². The molecule has 0 aliphatic heterocycles. The standard InChI is InChI=1S/C14H20N2O3S/c1-20-10-6-5-9-15-14(19)16-12(13(17)18)11-7-3-2-4-8-11/h2-4,7-8,12H,5-6,9-10H2,1H3,(H,17,18)(H2,15,16,19)/t12-/m0/s1. The van der Waals surface area contributed by atoms with Gasteiger partial charge < -0.3 is 15.7 Å². The molecule has 0 radical (unpaired) electrons. The number of rotatable bonds is 8. The van der Waals surface area contributed by atoms with Crippen LogP contribution >= 0.6 is 11.8 Å². The van der Waals surface area contributed by atoms with Crippen molar-refractivity contribution in [2.75, 3.05) is 18.6 Å². The highest BCUT2D eigenvalue weighted by molar-refractivity contribution is 7.98. The Morgan fingerprint density at radius 2 is 1.95 bits per heavy atom. The molecular formula is C14H20N2O3S. The minimum atomic E-state index is -1.08. The summed E-state index contributed by atoms with van der Waals surface area (Å²) in [7, 11) is 0. The van der Waals surface area contributed by atoms with Crippen LogP contribution in [0.4, 0.5) is 4.79 Å². The molecule has 0 saturated heterocycles. The summed E-state index contributed by atoms with van der Waals surface area (Å²) < 4.78 is 0. The van der Waals surface area contributed by atoms with Gasteiger partial charge in [0.2, 0.25) is 0 Å². The van der Waals surface area contributed by atoms with Gasteiger partial charge in [-0.05, 0) is 30.4 Å². The third kappa shape index (κ3) is 5.97. The Kier molecular flexibility index (Phi) is 7.57. The zero-order chi connectivity index (χ0) is 14.8.